The molecule has 0 N–H and O–H groups in total. The molecule has 0 heterocycles. The van der Waals surface area contributed by atoms with Gasteiger partial charge in [0.1, 0.15) is 0 Å². The van der Waals surface area contributed by atoms with Gasteiger partial charge in [0.25, 0.3) is 0 Å². The van der Waals surface area contributed by atoms with Crippen LogP contribution in [-0.2, 0) is 0 Å². The smallest absolute Gasteiger partial charge is 0.0316 e. The molecule has 0 bridgehead atoms. The minimum Gasteiger partial charge on any atom is -0.0848 e. The first-order valence-corrected chi connectivity index (χ1v) is 5.05. The van der Waals surface area contributed by atoms with E-state index in [9.17, 15) is 0 Å². The lowest BCUT2D eigenvalue weighted by Crippen LogP contribution is -1.74. The van der Waals surface area contributed by atoms with Crippen molar-refractivity contribution >= 4 is 0 Å². The van der Waals surface area contributed by atoms with Gasteiger partial charge in [0, 0.05) is 0 Å². The Balaban J connectivity index is 3.07. The molecule has 12 heavy (non-hydrogen) atoms. The predicted octanol–water partition coefficient (Wildman–Crippen LogP) is 4.29. The molecule has 0 aromatic heterocycles. The second kappa shape index (κ2) is 10.5. The van der Waals surface area contributed by atoms with Crippen LogP contribution in [0.5, 0.6) is 0 Å². The van der Waals surface area contributed by atoms with Gasteiger partial charge in [0.05, 0.1) is 0 Å². The van der Waals surface area contributed by atoms with Crippen LogP contribution in [0.1, 0.15) is 46.0 Å². The van der Waals surface area contributed by atoms with Gasteiger partial charge in [-0.05, 0) is 25.7 Å². The number of hydrogen-bond acceptors (Lipinski definition) is 0. The van der Waals surface area contributed by atoms with Gasteiger partial charge < -0.3 is 0 Å². The number of rotatable bonds is 7. The summed E-state index contributed by atoms with van der Waals surface area (Å²) >= 11 is 0. The van der Waals surface area contributed by atoms with Crippen molar-refractivity contribution in [3.05, 3.63) is 30.7 Å². The lowest BCUT2D eigenvalue weighted by molar-refractivity contribution is 0.771. The SMILES string of the molecule is CCC=C/C=C\C[CH]CCCC. The van der Waals surface area contributed by atoms with Crippen molar-refractivity contribution in [1.82, 2.24) is 0 Å². The van der Waals surface area contributed by atoms with Crippen molar-refractivity contribution in [2.24, 2.45) is 0 Å². The van der Waals surface area contributed by atoms with Crippen LogP contribution >= 0.6 is 0 Å². The van der Waals surface area contributed by atoms with Gasteiger partial charge in [-0.25, -0.2) is 0 Å². The monoisotopic (exact) mass is 165 g/mol. The van der Waals surface area contributed by atoms with Crippen LogP contribution in [0.25, 0.3) is 0 Å². The van der Waals surface area contributed by atoms with Gasteiger partial charge in [-0.2, -0.15) is 0 Å². The van der Waals surface area contributed by atoms with Crippen molar-refractivity contribution in [2.45, 2.75) is 46.0 Å². The molecule has 0 amide bonds. The van der Waals surface area contributed by atoms with E-state index in [1.807, 2.05) is 0 Å². The van der Waals surface area contributed by atoms with Gasteiger partial charge in [-0.15, -0.1) is 0 Å². The maximum Gasteiger partial charge on any atom is -0.0316 e. The second-order valence-electron chi connectivity index (χ2n) is 2.93. The Hall–Kier alpha value is -0.520. The molecule has 0 aromatic carbocycles. The lowest BCUT2D eigenvalue weighted by atomic mass is 10.1. The molecule has 69 valence electrons. The summed E-state index contributed by atoms with van der Waals surface area (Å²) in [7, 11) is 0. The molecule has 0 aliphatic heterocycles. The summed E-state index contributed by atoms with van der Waals surface area (Å²) in [5.74, 6) is 0. The quantitative estimate of drug-likeness (QED) is 0.390. The van der Waals surface area contributed by atoms with E-state index in [1.54, 1.807) is 0 Å². The van der Waals surface area contributed by atoms with Gasteiger partial charge in [0.15, 0.2) is 0 Å². The van der Waals surface area contributed by atoms with E-state index in [4.69, 9.17) is 0 Å². The Kier molecular flexibility index (Phi) is 10.0. The highest BCUT2D eigenvalue weighted by Gasteiger charge is 1.83. The van der Waals surface area contributed by atoms with Gasteiger partial charge in [-0.1, -0.05) is 51.0 Å². The largest absolute Gasteiger partial charge is 0.0848 e. The number of allylic oxidation sites excluding steroid dienone is 4. The minimum atomic E-state index is 1.12. The third-order valence-electron chi connectivity index (χ3n) is 1.68. The second-order valence-corrected chi connectivity index (χ2v) is 2.93. The third-order valence-corrected chi connectivity index (χ3v) is 1.68. The molecule has 0 nitrogen and oxygen atoms in total. The molecule has 0 spiro atoms. The lowest BCUT2D eigenvalue weighted by Gasteiger charge is -1.92. The van der Waals surface area contributed by atoms with Crippen molar-refractivity contribution in [2.75, 3.05) is 0 Å². The maximum atomic E-state index is 2.35. The summed E-state index contributed by atoms with van der Waals surface area (Å²) in [6.07, 6.45) is 17.1. The molecular weight excluding hydrogens is 144 g/mol. The fourth-order valence-corrected chi connectivity index (χ4v) is 0.934. The third kappa shape index (κ3) is 9.48. The van der Waals surface area contributed by atoms with Crippen LogP contribution < -0.4 is 0 Å². The van der Waals surface area contributed by atoms with E-state index in [2.05, 4.69) is 44.6 Å². The molecule has 0 saturated carbocycles. The zero-order valence-corrected chi connectivity index (χ0v) is 8.42. The fourth-order valence-electron chi connectivity index (χ4n) is 0.934. The van der Waals surface area contributed by atoms with E-state index < -0.39 is 0 Å². The summed E-state index contributed by atoms with van der Waals surface area (Å²) in [5.41, 5.74) is 0. The van der Waals surface area contributed by atoms with Crippen molar-refractivity contribution in [3.63, 3.8) is 0 Å². The topological polar surface area (TPSA) is 0 Å². The van der Waals surface area contributed by atoms with Crippen LogP contribution in [0.4, 0.5) is 0 Å². The number of unbranched alkanes of at least 4 members (excludes halogenated alkanes) is 4. The molecule has 0 aliphatic rings. The first kappa shape index (κ1) is 11.5. The predicted molar refractivity (Wildman–Crippen MR) is 57.0 cm³/mol. The highest BCUT2D eigenvalue weighted by molar-refractivity contribution is 5.03. The van der Waals surface area contributed by atoms with E-state index >= 15 is 0 Å². The minimum absolute atomic E-state index is 1.12. The molecule has 0 atom stereocenters. The maximum absolute atomic E-state index is 2.35. The molecule has 0 rings (SSSR count). The van der Waals surface area contributed by atoms with Gasteiger partial charge >= 0.3 is 0 Å². The molecule has 0 saturated heterocycles. The summed E-state index contributed by atoms with van der Waals surface area (Å²) in [6, 6.07) is 0. The summed E-state index contributed by atoms with van der Waals surface area (Å²) in [4.78, 5) is 0. The highest BCUT2D eigenvalue weighted by atomic mass is 13.9. The van der Waals surface area contributed by atoms with Gasteiger partial charge in [-0.3, -0.25) is 0 Å². The number of hydrogen-bond donors (Lipinski definition) is 0. The molecule has 0 heteroatoms. The molecule has 0 aromatic rings. The van der Waals surface area contributed by atoms with E-state index in [-0.39, 0.29) is 0 Å². The first-order valence-electron chi connectivity index (χ1n) is 5.05. The van der Waals surface area contributed by atoms with E-state index in [0.29, 0.717) is 0 Å². The van der Waals surface area contributed by atoms with Crippen molar-refractivity contribution < 1.29 is 0 Å². The van der Waals surface area contributed by atoms with Crippen LogP contribution in [0, 0.1) is 6.42 Å². The van der Waals surface area contributed by atoms with Crippen LogP contribution in [0.15, 0.2) is 24.3 Å². The van der Waals surface area contributed by atoms with Crippen LogP contribution in [0.2, 0.25) is 0 Å². The molecule has 1 radical (unpaired) electrons. The van der Waals surface area contributed by atoms with Crippen LogP contribution in [-0.4, -0.2) is 0 Å². The van der Waals surface area contributed by atoms with Crippen LogP contribution in [0.3, 0.4) is 0 Å². The first-order chi connectivity index (χ1) is 5.91. The Morgan fingerprint density at radius 2 is 1.75 bits per heavy atom. The Morgan fingerprint density at radius 3 is 2.42 bits per heavy atom. The molecule has 0 unspecified atom stereocenters. The zero-order valence-electron chi connectivity index (χ0n) is 8.42. The Labute approximate surface area is 77.4 Å². The highest BCUT2D eigenvalue weighted by Crippen LogP contribution is 2.01. The molecule has 0 aliphatic carbocycles. The molecular formula is C12H21. The van der Waals surface area contributed by atoms with Crippen molar-refractivity contribution in [3.8, 4) is 0 Å². The Morgan fingerprint density at radius 1 is 1.00 bits per heavy atom. The summed E-state index contributed by atoms with van der Waals surface area (Å²) in [5, 5.41) is 0. The van der Waals surface area contributed by atoms with Gasteiger partial charge in [0.2, 0.25) is 0 Å². The standard InChI is InChI=1S/C12H21/c1-3-5-7-9-11-12-10-8-6-4-2/h5,7,9-11H,3-4,6,8,12H2,1-2H3/b7-5?,11-9-. The summed E-state index contributed by atoms with van der Waals surface area (Å²) < 4.78 is 0. The molecule has 0 fully saturated rings. The zero-order chi connectivity index (χ0) is 9.07. The van der Waals surface area contributed by atoms with Crippen molar-refractivity contribution in [1.29, 1.82) is 0 Å². The Bertz CT molecular complexity index is 120. The van der Waals surface area contributed by atoms with E-state index in [1.165, 1.54) is 19.3 Å². The fraction of sp³-hybridized carbons (Fsp3) is 0.583. The average molecular weight is 165 g/mol. The average Bonchev–Trinajstić information content (AvgIpc) is 2.10. The summed E-state index contributed by atoms with van der Waals surface area (Å²) in [6.45, 7) is 4.38. The van der Waals surface area contributed by atoms with E-state index in [0.717, 1.165) is 12.8 Å². The normalized spacial score (nSPS) is 11.8.